The van der Waals surface area contributed by atoms with E-state index in [1.54, 1.807) is 0 Å². The van der Waals surface area contributed by atoms with E-state index in [1.807, 2.05) is 30.3 Å². The van der Waals surface area contributed by atoms with Gasteiger partial charge in [0.2, 0.25) is 0 Å². The molecule has 2 rings (SSSR count). The summed E-state index contributed by atoms with van der Waals surface area (Å²) in [5.74, 6) is 1.89. The summed E-state index contributed by atoms with van der Waals surface area (Å²) in [6.45, 7) is 7.94. The first-order valence-electron chi connectivity index (χ1n) is 9.88. The van der Waals surface area contributed by atoms with Crippen LogP contribution in [0.3, 0.4) is 0 Å². The van der Waals surface area contributed by atoms with E-state index in [9.17, 15) is 0 Å². The summed E-state index contributed by atoms with van der Waals surface area (Å²) in [5, 5.41) is 3.42. The van der Waals surface area contributed by atoms with Crippen LogP contribution in [0.15, 0.2) is 48.5 Å². The first kappa shape index (κ1) is 20.2. The molecule has 0 saturated heterocycles. The molecule has 0 spiro atoms. The normalized spacial score (nSPS) is 11.8. The standard InChI is InChI=1S/C23H33NO2/c1-4-5-6-7-10-17-25-22-15-13-21(14-16-22)24-18-20(3)26-23-12-9-8-11-19(23)2/h8-9,11-16,20,24H,4-7,10,17-18H2,1-3H3. The summed E-state index contributed by atoms with van der Waals surface area (Å²) in [7, 11) is 0. The van der Waals surface area contributed by atoms with E-state index in [0.717, 1.165) is 42.3 Å². The smallest absolute Gasteiger partial charge is 0.122 e. The molecule has 1 unspecified atom stereocenters. The van der Waals surface area contributed by atoms with Crippen molar-refractivity contribution in [3.05, 3.63) is 54.1 Å². The molecule has 0 radical (unpaired) electrons. The van der Waals surface area contributed by atoms with Crippen LogP contribution in [0.2, 0.25) is 0 Å². The van der Waals surface area contributed by atoms with E-state index in [0.29, 0.717) is 0 Å². The van der Waals surface area contributed by atoms with Crippen molar-refractivity contribution in [2.45, 2.75) is 59.0 Å². The highest BCUT2D eigenvalue weighted by atomic mass is 16.5. The number of ether oxygens (including phenoxy) is 2. The van der Waals surface area contributed by atoms with Crippen molar-refractivity contribution >= 4 is 5.69 Å². The maximum Gasteiger partial charge on any atom is 0.122 e. The zero-order valence-corrected chi connectivity index (χ0v) is 16.5. The first-order valence-corrected chi connectivity index (χ1v) is 9.88. The molecule has 3 nitrogen and oxygen atoms in total. The minimum Gasteiger partial charge on any atom is -0.494 e. The molecule has 0 aliphatic heterocycles. The number of aryl methyl sites for hydroxylation is 1. The van der Waals surface area contributed by atoms with E-state index >= 15 is 0 Å². The van der Waals surface area contributed by atoms with Gasteiger partial charge in [-0.3, -0.25) is 0 Å². The average molecular weight is 356 g/mol. The zero-order valence-electron chi connectivity index (χ0n) is 16.5. The number of benzene rings is 2. The fourth-order valence-electron chi connectivity index (χ4n) is 2.77. The summed E-state index contributed by atoms with van der Waals surface area (Å²) in [4.78, 5) is 0. The zero-order chi connectivity index (χ0) is 18.6. The Balaban J connectivity index is 1.67. The van der Waals surface area contributed by atoms with Gasteiger partial charge >= 0.3 is 0 Å². The molecule has 2 aromatic rings. The van der Waals surface area contributed by atoms with Gasteiger partial charge in [0.15, 0.2) is 0 Å². The Morgan fingerprint density at radius 1 is 0.923 bits per heavy atom. The molecular formula is C23H33NO2. The molecule has 0 heterocycles. The van der Waals surface area contributed by atoms with E-state index in [4.69, 9.17) is 9.47 Å². The van der Waals surface area contributed by atoms with Crippen molar-refractivity contribution in [3.63, 3.8) is 0 Å². The van der Waals surface area contributed by atoms with Gasteiger partial charge in [0.25, 0.3) is 0 Å². The van der Waals surface area contributed by atoms with E-state index < -0.39 is 0 Å². The van der Waals surface area contributed by atoms with Crippen LogP contribution in [0, 0.1) is 6.92 Å². The predicted molar refractivity (Wildman–Crippen MR) is 110 cm³/mol. The van der Waals surface area contributed by atoms with Crippen molar-refractivity contribution in [1.29, 1.82) is 0 Å². The van der Waals surface area contributed by atoms with Gasteiger partial charge in [0.05, 0.1) is 13.2 Å². The van der Waals surface area contributed by atoms with Crippen LogP contribution in [0.5, 0.6) is 11.5 Å². The number of hydrogen-bond donors (Lipinski definition) is 1. The molecule has 0 bridgehead atoms. The monoisotopic (exact) mass is 355 g/mol. The highest BCUT2D eigenvalue weighted by molar-refractivity contribution is 5.46. The lowest BCUT2D eigenvalue weighted by Gasteiger charge is -2.17. The molecule has 142 valence electrons. The lowest BCUT2D eigenvalue weighted by atomic mass is 10.2. The molecular weight excluding hydrogens is 322 g/mol. The van der Waals surface area contributed by atoms with Crippen LogP contribution in [-0.4, -0.2) is 19.3 Å². The number of para-hydroxylation sites is 1. The molecule has 0 fully saturated rings. The Hall–Kier alpha value is -2.16. The summed E-state index contributed by atoms with van der Waals surface area (Å²) in [6, 6.07) is 16.3. The van der Waals surface area contributed by atoms with E-state index in [-0.39, 0.29) is 6.10 Å². The van der Waals surface area contributed by atoms with Crippen molar-refractivity contribution in [1.82, 2.24) is 0 Å². The van der Waals surface area contributed by atoms with Crippen LogP contribution in [-0.2, 0) is 0 Å². The Morgan fingerprint density at radius 2 is 1.65 bits per heavy atom. The van der Waals surface area contributed by atoms with Crippen molar-refractivity contribution < 1.29 is 9.47 Å². The third-order valence-corrected chi connectivity index (χ3v) is 4.39. The molecule has 0 saturated carbocycles. The Kier molecular flexibility index (Phi) is 8.88. The van der Waals surface area contributed by atoms with Gasteiger partial charge < -0.3 is 14.8 Å². The number of unbranched alkanes of at least 4 members (excludes halogenated alkanes) is 4. The molecule has 26 heavy (non-hydrogen) atoms. The van der Waals surface area contributed by atoms with E-state index in [1.165, 1.54) is 25.7 Å². The third-order valence-electron chi connectivity index (χ3n) is 4.39. The van der Waals surface area contributed by atoms with Gasteiger partial charge in [-0.1, -0.05) is 50.8 Å². The van der Waals surface area contributed by atoms with Gasteiger partial charge in [-0.25, -0.2) is 0 Å². The maximum atomic E-state index is 6.00. The highest BCUT2D eigenvalue weighted by Gasteiger charge is 2.06. The quantitative estimate of drug-likeness (QED) is 0.458. The second kappa shape index (κ2) is 11.5. The van der Waals surface area contributed by atoms with Crippen LogP contribution >= 0.6 is 0 Å². The SMILES string of the molecule is CCCCCCCOc1ccc(NCC(C)Oc2ccccc2C)cc1. The van der Waals surface area contributed by atoms with Gasteiger partial charge in [-0.05, 0) is 56.2 Å². The van der Waals surface area contributed by atoms with Gasteiger partial charge in [-0.15, -0.1) is 0 Å². The first-order chi connectivity index (χ1) is 12.7. The van der Waals surface area contributed by atoms with Crippen LogP contribution in [0.1, 0.15) is 51.5 Å². The van der Waals surface area contributed by atoms with Crippen LogP contribution in [0.4, 0.5) is 5.69 Å². The summed E-state index contributed by atoms with van der Waals surface area (Å²) in [6.07, 6.45) is 6.40. The number of hydrogen-bond acceptors (Lipinski definition) is 3. The largest absolute Gasteiger partial charge is 0.494 e. The molecule has 0 amide bonds. The van der Waals surface area contributed by atoms with Gasteiger partial charge in [-0.2, -0.15) is 0 Å². The van der Waals surface area contributed by atoms with Crippen LogP contribution < -0.4 is 14.8 Å². The molecule has 2 aromatic carbocycles. The van der Waals surface area contributed by atoms with Crippen LogP contribution in [0.25, 0.3) is 0 Å². The maximum absolute atomic E-state index is 6.00. The lowest BCUT2D eigenvalue weighted by Crippen LogP contribution is -2.22. The summed E-state index contributed by atoms with van der Waals surface area (Å²) < 4.78 is 11.8. The Labute approximate surface area is 158 Å². The third kappa shape index (κ3) is 7.38. The van der Waals surface area contributed by atoms with Crippen molar-refractivity contribution in [3.8, 4) is 11.5 Å². The van der Waals surface area contributed by atoms with Gasteiger partial charge in [0.1, 0.15) is 17.6 Å². The molecule has 0 aliphatic carbocycles. The Bertz CT molecular complexity index is 624. The molecule has 3 heteroatoms. The fourth-order valence-corrected chi connectivity index (χ4v) is 2.77. The Morgan fingerprint density at radius 3 is 2.38 bits per heavy atom. The highest BCUT2D eigenvalue weighted by Crippen LogP contribution is 2.19. The number of nitrogens with one attached hydrogen (secondary N) is 1. The second-order valence-electron chi connectivity index (χ2n) is 6.86. The average Bonchev–Trinajstić information content (AvgIpc) is 2.66. The lowest BCUT2D eigenvalue weighted by molar-refractivity contribution is 0.233. The minimum atomic E-state index is 0.0927. The number of rotatable bonds is 12. The molecule has 1 atom stereocenters. The topological polar surface area (TPSA) is 30.5 Å². The molecule has 1 N–H and O–H groups in total. The molecule has 0 aromatic heterocycles. The summed E-state index contributed by atoms with van der Waals surface area (Å²) in [5.41, 5.74) is 2.25. The fraction of sp³-hybridized carbons (Fsp3) is 0.478. The minimum absolute atomic E-state index is 0.0927. The second-order valence-corrected chi connectivity index (χ2v) is 6.86. The van der Waals surface area contributed by atoms with Gasteiger partial charge in [0, 0.05) is 5.69 Å². The van der Waals surface area contributed by atoms with Crippen molar-refractivity contribution in [2.24, 2.45) is 0 Å². The molecule has 0 aliphatic rings. The van der Waals surface area contributed by atoms with Crippen molar-refractivity contribution in [2.75, 3.05) is 18.5 Å². The van der Waals surface area contributed by atoms with E-state index in [2.05, 4.69) is 44.3 Å². The number of anilines is 1. The predicted octanol–water partition coefficient (Wildman–Crippen LogP) is 6.22. The summed E-state index contributed by atoms with van der Waals surface area (Å²) >= 11 is 0.